The molecule has 0 aliphatic heterocycles. The molecule has 0 bridgehead atoms. The minimum absolute atomic E-state index is 0.104. The number of hydrogen-bond acceptors (Lipinski definition) is 3. The molecule has 0 atom stereocenters. The lowest BCUT2D eigenvalue weighted by atomic mass is 10.2. The molecular formula is C8H4FNO4. The molecule has 1 heterocycles. The van der Waals surface area contributed by atoms with Gasteiger partial charge in [-0.05, 0) is 12.1 Å². The molecule has 0 radical (unpaired) electrons. The summed E-state index contributed by atoms with van der Waals surface area (Å²) in [5.41, 5.74) is -0.495. The summed E-state index contributed by atoms with van der Waals surface area (Å²) in [7, 11) is 0. The zero-order chi connectivity index (χ0) is 10.3. The fraction of sp³-hybridized carbons (Fsp3) is 0. The summed E-state index contributed by atoms with van der Waals surface area (Å²) in [6.45, 7) is 0. The molecule has 6 heteroatoms. The number of nitrogens with one attached hydrogen (secondary N) is 1. The highest BCUT2D eigenvalue weighted by atomic mass is 19.1. The molecule has 2 rings (SSSR count). The van der Waals surface area contributed by atoms with Gasteiger partial charge in [-0.3, -0.25) is 4.98 Å². The lowest BCUT2D eigenvalue weighted by molar-refractivity contribution is 0.0696. The molecule has 0 fully saturated rings. The summed E-state index contributed by atoms with van der Waals surface area (Å²) in [6.07, 6.45) is 0. The molecule has 0 saturated carbocycles. The fourth-order valence-electron chi connectivity index (χ4n) is 1.13. The average Bonchev–Trinajstić information content (AvgIpc) is 2.45. The van der Waals surface area contributed by atoms with Gasteiger partial charge in [0.1, 0.15) is 5.52 Å². The van der Waals surface area contributed by atoms with Crippen molar-refractivity contribution in [1.29, 1.82) is 0 Å². The van der Waals surface area contributed by atoms with Gasteiger partial charge in [-0.2, -0.15) is 0 Å². The third-order valence-electron chi connectivity index (χ3n) is 1.73. The van der Waals surface area contributed by atoms with E-state index >= 15 is 0 Å². The average molecular weight is 197 g/mol. The maximum Gasteiger partial charge on any atom is 0.417 e. The third-order valence-corrected chi connectivity index (χ3v) is 1.73. The Hall–Kier alpha value is -2.11. The molecule has 0 aliphatic rings. The van der Waals surface area contributed by atoms with Gasteiger partial charge < -0.3 is 9.52 Å². The number of aromatic carboxylic acids is 1. The van der Waals surface area contributed by atoms with E-state index in [2.05, 4.69) is 9.40 Å². The first-order chi connectivity index (χ1) is 6.58. The van der Waals surface area contributed by atoms with Crippen LogP contribution in [0.15, 0.2) is 21.3 Å². The number of aromatic amines is 1. The third kappa shape index (κ3) is 1.17. The van der Waals surface area contributed by atoms with Crippen molar-refractivity contribution in [1.82, 2.24) is 4.98 Å². The molecular weight excluding hydrogens is 193 g/mol. The second-order valence-corrected chi connectivity index (χ2v) is 2.65. The van der Waals surface area contributed by atoms with Gasteiger partial charge in [-0.15, -0.1) is 0 Å². The topological polar surface area (TPSA) is 83.3 Å². The Kier molecular flexibility index (Phi) is 1.63. The van der Waals surface area contributed by atoms with Gasteiger partial charge in [0, 0.05) is 0 Å². The Morgan fingerprint density at radius 1 is 1.50 bits per heavy atom. The fourth-order valence-corrected chi connectivity index (χ4v) is 1.13. The van der Waals surface area contributed by atoms with Gasteiger partial charge in [0.05, 0.1) is 5.56 Å². The number of aromatic nitrogens is 1. The number of halogens is 1. The second kappa shape index (κ2) is 2.69. The van der Waals surface area contributed by atoms with E-state index in [4.69, 9.17) is 5.11 Å². The quantitative estimate of drug-likeness (QED) is 0.713. The van der Waals surface area contributed by atoms with E-state index in [-0.39, 0.29) is 16.7 Å². The van der Waals surface area contributed by atoms with Gasteiger partial charge in [-0.25, -0.2) is 14.0 Å². The van der Waals surface area contributed by atoms with Gasteiger partial charge in [-0.1, -0.05) is 0 Å². The highest BCUT2D eigenvalue weighted by Gasteiger charge is 2.12. The first-order valence-corrected chi connectivity index (χ1v) is 3.63. The maximum atomic E-state index is 13.1. The number of carbonyl (C=O) groups is 1. The van der Waals surface area contributed by atoms with Crippen LogP contribution in [0.25, 0.3) is 11.1 Å². The van der Waals surface area contributed by atoms with Crippen LogP contribution in [-0.4, -0.2) is 16.1 Å². The Morgan fingerprint density at radius 3 is 2.86 bits per heavy atom. The van der Waals surface area contributed by atoms with Crippen LogP contribution < -0.4 is 5.76 Å². The number of H-pyrrole nitrogens is 1. The standard InChI is InChI=1S/C8H4FNO4/c9-4-1-3(7(11)12)2-5-6(4)10-8(13)14-5/h1-2H,(H,10,13)(H,11,12). The van der Waals surface area contributed by atoms with Crippen LogP contribution in [0.3, 0.4) is 0 Å². The van der Waals surface area contributed by atoms with Crippen LogP contribution in [0.1, 0.15) is 10.4 Å². The van der Waals surface area contributed by atoms with Crippen LogP contribution >= 0.6 is 0 Å². The number of carboxylic acid groups (broad SMARTS) is 1. The van der Waals surface area contributed by atoms with Crippen molar-refractivity contribution in [2.24, 2.45) is 0 Å². The van der Waals surface area contributed by atoms with Crippen LogP contribution in [-0.2, 0) is 0 Å². The molecule has 1 aromatic carbocycles. The first-order valence-electron chi connectivity index (χ1n) is 3.63. The molecule has 5 nitrogen and oxygen atoms in total. The molecule has 0 aliphatic carbocycles. The van der Waals surface area contributed by atoms with Crippen molar-refractivity contribution in [3.63, 3.8) is 0 Å². The van der Waals surface area contributed by atoms with Crippen LogP contribution in [0.4, 0.5) is 4.39 Å². The van der Waals surface area contributed by atoms with Crippen molar-refractivity contribution >= 4 is 17.1 Å². The van der Waals surface area contributed by atoms with E-state index in [1.54, 1.807) is 0 Å². The van der Waals surface area contributed by atoms with Gasteiger partial charge in [0.15, 0.2) is 11.4 Å². The van der Waals surface area contributed by atoms with E-state index in [1.165, 1.54) is 0 Å². The summed E-state index contributed by atoms with van der Waals surface area (Å²) in [5.74, 6) is -2.93. The molecule has 0 spiro atoms. The zero-order valence-corrected chi connectivity index (χ0v) is 6.70. The molecule has 2 aromatic rings. The van der Waals surface area contributed by atoms with Crippen molar-refractivity contribution in [3.05, 3.63) is 34.1 Å². The molecule has 14 heavy (non-hydrogen) atoms. The van der Waals surface area contributed by atoms with Gasteiger partial charge in [0.2, 0.25) is 0 Å². The van der Waals surface area contributed by atoms with Crippen LogP contribution in [0.2, 0.25) is 0 Å². The lowest BCUT2D eigenvalue weighted by Crippen LogP contribution is -1.97. The van der Waals surface area contributed by atoms with Gasteiger partial charge in [0.25, 0.3) is 0 Å². The number of oxazole rings is 1. The zero-order valence-electron chi connectivity index (χ0n) is 6.70. The Morgan fingerprint density at radius 2 is 2.21 bits per heavy atom. The highest BCUT2D eigenvalue weighted by Crippen LogP contribution is 2.16. The van der Waals surface area contributed by atoms with Gasteiger partial charge >= 0.3 is 11.7 Å². The summed E-state index contributed by atoms with van der Waals surface area (Å²) >= 11 is 0. The molecule has 0 unspecified atom stereocenters. The summed E-state index contributed by atoms with van der Waals surface area (Å²) in [6, 6.07) is 1.90. The van der Waals surface area contributed by atoms with Crippen LogP contribution in [0.5, 0.6) is 0 Å². The first kappa shape index (κ1) is 8.49. The predicted molar refractivity (Wildman–Crippen MR) is 43.8 cm³/mol. The van der Waals surface area contributed by atoms with Crippen molar-refractivity contribution in [2.45, 2.75) is 0 Å². The monoisotopic (exact) mass is 197 g/mol. The van der Waals surface area contributed by atoms with Crippen molar-refractivity contribution in [2.75, 3.05) is 0 Å². The Bertz CT molecular complexity index is 568. The lowest BCUT2D eigenvalue weighted by Gasteiger charge is -1.94. The van der Waals surface area contributed by atoms with E-state index in [9.17, 15) is 14.0 Å². The Labute approximate surface area is 75.8 Å². The number of rotatable bonds is 1. The smallest absolute Gasteiger partial charge is 0.417 e. The van der Waals surface area contributed by atoms with Crippen LogP contribution in [0, 0.1) is 5.82 Å². The molecule has 2 N–H and O–H groups in total. The van der Waals surface area contributed by atoms with E-state index < -0.39 is 17.5 Å². The number of carboxylic acids is 1. The Balaban J connectivity index is 2.84. The molecule has 72 valence electrons. The van der Waals surface area contributed by atoms with E-state index in [1.807, 2.05) is 0 Å². The molecule has 0 amide bonds. The highest BCUT2D eigenvalue weighted by molar-refractivity contribution is 5.91. The second-order valence-electron chi connectivity index (χ2n) is 2.65. The minimum atomic E-state index is -1.28. The maximum absolute atomic E-state index is 13.1. The number of hydrogen-bond donors (Lipinski definition) is 2. The van der Waals surface area contributed by atoms with E-state index in [0.29, 0.717) is 0 Å². The molecule has 1 aromatic heterocycles. The number of benzene rings is 1. The summed E-state index contributed by atoms with van der Waals surface area (Å²) < 4.78 is 17.7. The summed E-state index contributed by atoms with van der Waals surface area (Å²) in [5, 5.41) is 8.58. The number of fused-ring (bicyclic) bond motifs is 1. The van der Waals surface area contributed by atoms with E-state index in [0.717, 1.165) is 12.1 Å². The summed E-state index contributed by atoms with van der Waals surface area (Å²) in [4.78, 5) is 23.3. The minimum Gasteiger partial charge on any atom is -0.478 e. The predicted octanol–water partition coefficient (Wildman–Crippen LogP) is 0.958. The van der Waals surface area contributed by atoms with Crippen molar-refractivity contribution < 1.29 is 18.7 Å². The normalized spacial score (nSPS) is 10.6. The largest absolute Gasteiger partial charge is 0.478 e. The molecule has 0 saturated heterocycles. The van der Waals surface area contributed by atoms with Crippen molar-refractivity contribution in [3.8, 4) is 0 Å². The SMILES string of the molecule is O=C(O)c1cc(F)c2[nH]c(=O)oc2c1.